The smallest absolute Gasteiger partial charge is 0.109 e. The first kappa shape index (κ1) is 10.3. The van der Waals surface area contributed by atoms with Crippen LogP contribution in [0.15, 0.2) is 24.0 Å². The van der Waals surface area contributed by atoms with Gasteiger partial charge in [0.15, 0.2) is 0 Å². The molecule has 0 aliphatic heterocycles. The quantitative estimate of drug-likeness (QED) is 0.824. The molecule has 0 fully saturated rings. The summed E-state index contributed by atoms with van der Waals surface area (Å²) in [6, 6.07) is 0.300. The molecule has 0 aromatic carbocycles. The normalized spacial score (nSPS) is 12.9. The Morgan fingerprint density at radius 3 is 3.13 bits per heavy atom. The van der Waals surface area contributed by atoms with Gasteiger partial charge in [-0.25, -0.2) is 4.98 Å². The van der Waals surface area contributed by atoms with Crippen LogP contribution in [0.3, 0.4) is 0 Å². The Morgan fingerprint density at radius 2 is 2.47 bits per heavy atom. The van der Waals surface area contributed by atoms with Crippen LogP contribution < -0.4 is 5.32 Å². The minimum absolute atomic E-state index is 0.300. The van der Waals surface area contributed by atoms with Gasteiger partial charge in [0.25, 0.3) is 0 Å². The molecule has 2 aromatic heterocycles. The van der Waals surface area contributed by atoms with E-state index in [1.165, 1.54) is 0 Å². The van der Waals surface area contributed by atoms with E-state index in [0.29, 0.717) is 6.04 Å². The molecule has 0 aliphatic carbocycles. The van der Waals surface area contributed by atoms with Crippen LogP contribution in [0.2, 0.25) is 0 Å². The lowest BCUT2D eigenvalue weighted by Crippen LogP contribution is -2.23. The number of hydrogen-bond donors (Lipinski definition) is 1. The van der Waals surface area contributed by atoms with Gasteiger partial charge in [-0.15, -0.1) is 16.4 Å². The van der Waals surface area contributed by atoms with Crippen molar-refractivity contribution >= 4 is 11.3 Å². The standard InChI is InChI=1S/C9H13N5S/c1-8(9-11-4-7-15-9)10-2-5-14-6-3-12-13-14/h3-4,6-8,10H,2,5H2,1H3. The number of rotatable bonds is 5. The highest BCUT2D eigenvalue weighted by Gasteiger charge is 2.06. The molecule has 80 valence electrons. The molecular formula is C9H13N5S. The maximum absolute atomic E-state index is 4.25. The van der Waals surface area contributed by atoms with Gasteiger partial charge in [0.05, 0.1) is 18.8 Å². The summed E-state index contributed by atoms with van der Waals surface area (Å²) < 4.78 is 1.81. The molecule has 0 amide bonds. The Labute approximate surface area is 92.2 Å². The van der Waals surface area contributed by atoms with Crippen LogP contribution in [0.1, 0.15) is 18.0 Å². The fourth-order valence-electron chi connectivity index (χ4n) is 1.28. The highest BCUT2D eigenvalue weighted by atomic mass is 32.1. The summed E-state index contributed by atoms with van der Waals surface area (Å²) in [5.74, 6) is 0. The van der Waals surface area contributed by atoms with Gasteiger partial charge in [-0.2, -0.15) is 0 Å². The van der Waals surface area contributed by atoms with Crippen molar-refractivity contribution in [2.24, 2.45) is 0 Å². The lowest BCUT2D eigenvalue weighted by Gasteiger charge is -2.10. The summed E-state index contributed by atoms with van der Waals surface area (Å²) >= 11 is 1.67. The molecule has 0 saturated carbocycles. The van der Waals surface area contributed by atoms with E-state index in [9.17, 15) is 0 Å². The first-order valence-corrected chi connectivity index (χ1v) is 5.71. The van der Waals surface area contributed by atoms with E-state index in [0.717, 1.165) is 18.1 Å². The molecule has 1 N–H and O–H groups in total. The molecule has 2 aromatic rings. The van der Waals surface area contributed by atoms with E-state index >= 15 is 0 Å². The van der Waals surface area contributed by atoms with Gasteiger partial charge >= 0.3 is 0 Å². The zero-order valence-corrected chi connectivity index (χ0v) is 9.31. The fourth-order valence-corrected chi connectivity index (χ4v) is 1.95. The Balaban J connectivity index is 1.74. The largest absolute Gasteiger partial charge is 0.306 e. The molecule has 0 spiro atoms. The van der Waals surface area contributed by atoms with Crippen LogP contribution in [0.5, 0.6) is 0 Å². The monoisotopic (exact) mass is 223 g/mol. The third-order valence-electron chi connectivity index (χ3n) is 2.09. The first-order chi connectivity index (χ1) is 7.36. The molecule has 0 aliphatic rings. The summed E-state index contributed by atoms with van der Waals surface area (Å²) in [4.78, 5) is 4.25. The Kier molecular flexibility index (Phi) is 3.41. The molecular weight excluding hydrogens is 210 g/mol. The number of nitrogens with zero attached hydrogens (tertiary/aromatic N) is 4. The predicted molar refractivity (Wildman–Crippen MR) is 58.6 cm³/mol. The van der Waals surface area contributed by atoms with Crippen molar-refractivity contribution in [2.75, 3.05) is 6.54 Å². The minimum atomic E-state index is 0.300. The van der Waals surface area contributed by atoms with Gasteiger partial charge in [-0.1, -0.05) is 5.21 Å². The molecule has 15 heavy (non-hydrogen) atoms. The lowest BCUT2D eigenvalue weighted by atomic mass is 10.3. The fraction of sp³-hybridized carbons (Fsp3) is 0.444. The van der Waals surface area contributed by atoms with E-state index in [1.54, 1.807) is 17.5 Å². The second kappa shape index (κ2) is 4.99. The topological polar surface area (TPSA) is 55.6 Å². The van der Waals surface area contributed by atoms with Crippen LogP contribution in [0.4, 0.5) is 0 Å². The molecule has 1 unspecified atom stereocenters. The summed E-state index contributed by atoms with van der Waals surface area (Å²) in [6.45, 7) is 3.81. The lowest BCUT2D eigenvalue weighted by molar-refractivity contribution is 0.498. The third-order valence-corrected chi connectivity index (χ3v) is 3.04. The molecule has 6 heteroatoms. The summed E-state index contributed by atoms with van der Waals surface area (Å²) in [5.41, 5.74) is 0. The molecule has 1 atom stereocenters. The SMILES string of the molecule is CC(NCCn1ccnn1)c1nccs1. The van der Waals surface area contributed by atoms with E-state index in [4.69, 9.17) is 0 Å². The Bertz CT molecular complexity index is 369. The zero-order valence-electron chi connectivity index (χ0n) is 8.50. The first-order valence-electron chi connectivity index (χ1n) is 4.83. The van der Waals surface area contributed by atoms with Gasteiger partial charge in [-0.05, 0) is 6.92 Å². The van der Waals surface area contributed by atoms with Crippen molar-refractivity contribution in [2.45, 2.75) is 19.5 Å². The average molecular weight is 223 g/mol. The van der Waals surface area contributed by atoms with Crippen LogP contribution in [0.25, 0.3) is 0 Å². The third kappa shape index (κ3) is 2.84. The zero-order chi connectivity index (χ0) is 10.5. The molecule has 0 radical (unpaired) electrons. The number of nitrogens with one attached hydrogen (secondary N) is 1. The van der Waals surface area contributed by atoms with Gasteiger partial charge in [0.2, 0.25) is 0 Å². The van der Waals surface area contributed by atoms with Crippen LogP contribution in [0, 0.1) is 0 Å². The number of aromatic nitrogens is 4. The molecule has 2 heterocycles. The van der Waals surface area contributed by atoms with E-state index < -0.39 is 0 Å². The summed E-state index contributed by atoms with van der Waals surface area (Å²) in [6.07, 6.45) is 5.37. The average Bonchev–Trinajstić information content (AvgIpc) is 2.90. The highest BCUT2D eigenvalue weighted by Crippen LogP contribution is 2.13. The van der Waals surface area contributed by atoms with Gasteiger partial charge in [0.1, 0.15) is 5.01 Å². The molecule has 2 rings (SSSR count). The van der Waals surface area contributed by atoms with Crippen LogP contribution >= 0.6 is 11.3 Å². The van der Waals surface area contributed by atoms with Gasteiger partial charge in [0, 0.05) is 24.3 Å². The summed E-state index contributed by atoms with van der Waals surface area (Å²) in [5, 5.41) is 14.1. The van der Waals surface area contributed by atoms with Crippen molar-refractivity contribution in [3.63, 3.8) is 0 Å². The van der Waals surface area contributed by atoms with Crippen molar-refractivity contribution in [1.29, 1.82) is 0 Å². The molecule has 0 bridgehead atoms. The van der Waals surface area contributed by atoms with Crippen molar-refractivity contribution in [3.05, 3.63) is 29.0 Å². The van der Waals surface area contributed by atoms with Crippen LogP contribution in [-0.4, -0.2) is 26.5 Å². The summed E-state index contributed by atoms with van der Waals surface area (Å²) in [7, 11) is 0. The highest BCUT2D eigenvalue weighted by molar-refractivity contribution is 7.09. The van der Waals surface area contributed by atoms with E-state index in [2.05, 4.69) is 27.5 Å². The Morgan fingerprint density at radius 1 is 1.53 bits per heavy atom. The molecule has 0 saturated heterocycles. The number of hydrogen-bond acceptors (Lipinski definition) is 5. The van der Waals surface area contributed by atoms with Crippen molar-refractivity contribution < 1.29 is 0 Å². The minimum Gasteiger partial charge on any atom is -0.306 e. The predicted octanol–water partition coefficient (Wildman–Crippen LogP) is 1.09. The van der Waals surface area contributed by atoms with Gasteiger partial charge in [-0.3, -0.25) is 4.68 Å². The Hall–Kier alpha value is -1.27. The molecule has 5 nitrogen and oxygen atoms in total. The second-order valence-corrected chi connectivity index (χ2v) is 4.14. The van der Waals surface area contributed by atoms with Crippen molar-refractivity contribution in [3.8, 4) is 0 Å². The van der Waals surface area contributed by atoms with Gasteiger partial charge < -0.3 is 5.32 Å². The second-order valence-electron chi connectivity index (χ2n) is 3.21. The maximum Gasteiger partial charge on any atom is 0.109 e. The maximum atomic E-state index is 4.25. The number of thiazole rings is 1. The van der Waals surface area contributed by atoms with Crippen LogP contribution in [-0.2, 0) is 6.54 Å². The van der Waals surface area contributed by atoms with Crippen molar-refractivity contribution in [1.82, 2.24) is 25.3 Å². The van der Waals surface area contributed by atoms with E-state index in [-0.39, 0.29) is 0 Å². The van der Waals surface area contributed by atoms with E-state index in [1.807, 2.05) is 22.5 Å².